The molecule has 0 heterocycles. The molecule has 0 aliphatic heterocycles. The van der Waals surface area contributed by atoms with Crippen LogP contribution < -0.4 is 0 Å². The molecule has 16 heavy (non-hydrogen) atoms. The molecule has 0 aliphatic carbocycles. The molecule has 0 saturated carbocycles. The van der Waals surface area contributed by atoms with Crippen molar-refractivity contribution in [1.82, 2.24) is 0 Å². The van der Waals surface area contributed by atoms with Crippen LogP contribution in [0.15, 0.2) is 36.4 Å². The maximum atomic E-state index is 10.9. The number of benzene rings is 2. The Balaban J connectivity index is 2.90. The molecule has 0 fully saturated rings. The van der Waals surface area contributed by atoms with Gasteiger partial charge in [0.15, 0.2) is 0 Å². The zero-order valence-corrected chi connectivity index (χ0v) is 8.04. The van der Waals surface area contributed by atoms with E-state index in [1.54, 1.807) is 18.2 Å². The zero-order chi connectivity index (χ0) is 11.7. The molecular weight excluding hydrogens is 210 g/mol. The van der Waals surface area contributed by atoms with Gasteiger partial charge in [0.1, 0.15) is 5.56 Å². The second kappa shape index (κ2) is 3.62. The maximum Gasteiger partial charge on any atom is 0.393 e. The van der Waals surface area contributed by atoms with Gasteiger partial charge in [0, 0.05) is 11.5 Å². The molecule has 0 unspecified atom stereocenters. The van der Waals surface area contributed by atoms with Crippen LogP contribution in [0.2, 0.25) is 0 Å². The highest BCUT2D eigenvalue weighted by molar-refractivity contribution is 6.07. The van der Waals surface area contributed by atoms with Gasteiger partial charge in [0.2, 0.25) is 0 Å². The van der Waals surface area contributed by atoms with E-state index in [4.69, 9.17) is 0 Å². The van der Waals surface area contributed by atoms with E-state index in [0.717, 1.165) is 0 Å². The molecule has 0 aliphatic rings. The Kier molecular flexibility index (Phi) is 2.28. The van der Waals surface area contributed by atoms with Gasteiger partial charge in [-0.1, -0.05) is 24.3 Å². The van der Waals surface area contributed by atoms with Crippen molar-refractivity contribution < 1.29 is 14.8 Å². The average Bonchev–Trinajstić information content (AvgIpc) is 2.27. The van der Waals surface area contributed by atoms with E-state index in [0.29, 0.717) is 10.8 Å². The van der Waals surface area contributed by atoms with Crippen molar-refractivity contribution in [3.05, 3.63) is 52.1 Å². The molecule has 2 aromatic rings. The topological polar surface area (TPSA) is 80.1 Å². The van der Waals surface area contributed by atoms with Gasteiger partial charge in [-0.25, -0.2) is 9.90 Å². The molecule has 0 atom stereocenters. The fourth-order valence-corrected chi connectivity index (χ4v) is 1.63. The first-order valence-corrected chi connectivity index (χ1v) is 4.49. The number of nitro benzene ring substituents is 1. The summed E-state index contributed by atoms with van der Waals surface area (Å²) in [5, 5.41) is 22.6. The molecule has 1 radical (unpaired) electrons. The van der Waals surface area contributed by atoms with Crippen LogP contribution >= 0.6 is 0 Å². The highest BCUT2D eigenvalue weighted by Crippen LogP contribution is 2.27. The average molecular weight is 216 g/mol. The Hall–Kier alpha value is -2.43. The zero-order valence-electron chi connectivity index (χ0n) is 8.04. The normalized spacial score (nSPS) is 10.2. The van der Waals surface area contributed by atoms with Crippen LogP contribution in [0.1, 0.15) is 10.4 Å². The SMILES string of the molecule is [O]C(=O)c1c([N+](=O)[O-])ccc2ccccc12. The van der Waals surface area contributed by atoms with E-state index in [2.05, 4.69) is 0 Å². The first-order valence-electron chi connectivity index (χ1n) is 4.49. The molecule has 79 valence electrons. The number of nitrogens with zero attached hydrogens (tertiary/aromatic N) is 1. The van der Waals surface area contributed by atoms with E-state index in [1.165, 1.54) is 18.2 Å². The Morgan fingerprint density at radius 3 is 2.44 bits per heavy atom. The largest absolute Gasteiger partial charge is 0.393 e. The molecular formula is C11H6NO4. The molecule has 5 heteroatoms. The van der Waals surface area contributed by atoms with E-state index in [9.17, 15) is 20.0 Å². The predicted molar refractivity (Wildman–Crippen MR) is 55.6 cm³/mol. The molecule has 0 bridgehead atoms. The van der Waals surface area contributed by atoms with Gasteiger partial charge < -0.3 is 0 Å². The lowest BCUT2D eigenvalue weighted by Gasteiger charge is -2.01. The van der Waals surface area contributed by atoms with E-state index < -0.39 is 16.6 Å². The summed E-state index contributed by atoms with van der Waals surface area (Å²) in [5.74, 6) is -1.54. The van der Waals surface area contributed by atoms with Gasteiger partial charge in [-0.2, -0.15) is 0 Å². The van der Waals surface area contributed by atoms with E-state index in [-0.39, 0.29) is 5.56 Å². The minimum Gasteiger partial charge on any atom is -0.258 e. The second-order valence-electron chi connectivity index (χ2n) is 3.23. The molecule has 0 saturated heterocycles. The van der Waals surface area contributed by atoms with Crippen molar-refractivity contribution in [1.29, 1.82) is 0 Å². The molecule has 2 rings (SSSR count). The van der Waals surface area contributed by atoms with Gasteiger partial charge in [-0.15, -0.1) is 0 Å². The first kappa shape index (κ1) is 10.1. The summed E-state index contributed by atoms with van der Waals surface area (Å²) in [6, 6.07) is 9.25. The summed E-state index contributed by atoms with van der Waals surface area (Å²) in [7, 11) is 0. The monoisotopic (exact) mass is 216 g/mol. The number of carbonyl (C=O) groups is 1. The Morgan fingerprint density at radius 2 is 1.81 bits per heavy atom. The van der Waals surface area contributed by atoms with Crippen molar-refractivity contribution >= 4 is 22.4 Å². The standard InChI is InChI=1S/C11H6NO4/c13-11(14)10-8-4-2-1-3-7(8)5-6-9(10)12(15)16/h1-6H. The van der Waals surface area contributed by atoms with Crippen LogP contribution in [0.3, 0.4) is 0 Å². The summed E-state index contributed by atoms with van der Waals surface area (Å²) in [5.41, 5.74) is -0.818. The first-order chi connectivity index (χ1) is 7.61. The van der Waals surface area contributed by atoms with Crippen LogP contribution in [0, 0.1) is 10.1 Å². The number of fused-ring (bicyclic) bond motifs is 1. The molecule has 2 aromatic carbocycles. The molecule has 5 nitrogen and oxygen atoms in total. The maximum absolute atomic E-state index is 10.9. The van der Waals surface area contributed by atoms with Crippen LogP contribution in [0.4, 0.5) is 5.69 Å². The molecule has 0 spiro atoms. The van der Waals surface area contributed by atoms with Crippen molar-refractivity contribution in [2.24, 2.45) is 0 Å². The number of hydrogen-bond donors (Lipinski definition) is 0. The summed E-state index contributed by atoms with van der Waals surface area (Å²) in [6.07, 6.45) is 0. The van der Waals surface area contributed by atoms with Crippen LogP contribution in [-0.2, 0) is 5.11 Å². The van der Waals surface area contributed by atoms with Gasteiger partial charge in [-0.3, -0.25) is 10.1 Å². The fraction of sp³-hybridized carbons (Fsp3) is 0. The lowest BCUT2D eigenvalue weighted by molar-refractivity contribution is -0.385. The van der Waals surface area contributed by atoms with Crippen LogP contribution in [-0.4, -0.2) is 10.9 Å². The number of rotatable bonds is 2. The highest BCUT2D eigenvalue weighted by Gasteiger charge is 2.23. The lowest BCUT2D eigenvalue weighted by Crippen LogP contribution is -2.02. The fourth-order valence-electron chi connectivity index (χ4n) is 1.63. The summed E-state index contributed by atoms with van der Waals surface area (Å²) < 4.78 is 0. The summed E-state index contributed by atoms with van der Waals surface area (Å²) in [4.78, 5) is 20.9. The van der Waals surface area contributed by atoms with Gasteiger partial charge >= 0.3 is 5.97 Å². The Bertz CT molecular complexity index is 592. The molecule has 0 amide bonds. The number of hydrogen-bond acceptors (Lipinski definition) is 3. The van der Waals surface area contributed by atoms with Crippen molar-refractivity contribution in [3.63, 3.8) is 0 Å². The van der Waals surface area contributed by atoms with Gasteiger partial charge in [0.05, 0.1) is 4.92 Å². The van der Waals surface area contributed by atoms with E-state index >= 15 is 0 Å². The molecule has 0 aromatic heterocycles. The van der Waals surface area contributed by atoms with Crippen LogP contribution in [0.5, 0.6) is 0 Å². The van der Waals surface area contributed by atoms with Crippen molar-refractivity contribution in [3.8, 4) is 0 Å². The minimum atomic E-state index is -1.54. The number of nitro groups is 1. The second-order valence-corrected chi connectivity index (χ2v) is 3.23. The summed E-state index contributed by atoms with van der Waals surface area (Å²) in [6.45, 7) is 0. The third kappa shape index (κ3) is 1.48. The highest BCUT2D eigenvalue weighted by atomic mass is 16.6. The van der Waals surface area contributed by atoms with Crippen LogP contribution in [0.25, 0.3) is 10.8 Å². The third-order valence-corrected chi connectivity index (χ3v) is 2.31. The third-order valence-electron chi connectivity index (χ3n) is 2.31. The Labute approximate surface area is 90.1 Å². The van der Waals surface area contributed by atoms with Gasteiger partial charge in [0.25, 0.3) is 5.69 Å². The Morgan fingerprint density at radius 1 is 1.12 bits per heavy atom. The van der Waals surface area contributed by atoms with Crippen molar-refractivity contribution in [2.75, 3.05) is 0 Å². The molecule has 0 N–H and O–H groups in total. The number of carbonyl (C=O) groups excluding carboxylic acids is 1. The summed E-state index contributed by atoms with van der Waals surface area (Å²) >= 11 is 0. The smallest absolute Gasteiger partial charge is 0.258 e. The lowest BCUT2D eigenvalue weighted by atomic mass is 10.0. The van der Waals surface area contributed by atoms with E-state index in [1.807, 2.05) is 0 Å². The predicted octanol–water partition coefficient (Wildman–Crippen LogP) is 2.32. The minimum absolute atomic E-state index is 0.316. The quantitative estimate of drug-likeness (QED) is 0.570. The van der Waals surface area contributed by atoms with Crippen molar-refractivity contribution in [2.45, 2.75) is 0 Å². The van der Waals surface area contributed by atoms with Gasteiger partial charge in [-0.05, 0) is 11.5 Å².